The van der Waals surface area contributed by atoms with Gasteiger partial charge in [0.15, 0.2) is 0 Å². The van der Waals surface area contributed by atoms with Crippen LogP contribution in [-0.4, -0.2) is 33.7 Å². The first-order valence-corrected chi connectivity index (χ1v) is 10.7. The molecular weight excluding hydrogens is 364 g/mol. The van der Waals surface area contributed by atoms with Gasteiger partial charge in [0.25, 0.3) is 0 Å². The number of carbonyl (C=O) groups excluding carboxylic acids is 1. The second-order valence-corrected chi connectivity index (χ2v) is 8.43. The fraction of sp³-hybridized carbons (Fsp3) is 0.350. The smallest absolute Gasteiger partial charge is 0.245 e. The Morgan fingerprint density at radius 3 is 2.15 bits per heavy atom. The van der Waals surface area contributed by atoms with Crippen molar-refractivity contribution in [1.29, 1.82) is 0 Å². The number of anilines is 2. The quantitative estimate of drug-likeness (QED) is 0.747. The minimum Gasteiger partial charge on any atom is -0.494 e. The standard InChI is InChI=1S/C20H26N2O4S/c1-5-26-19-12-8-17(9-13-19)21-20(23)14-22(27(4,24)25)18-10-6-16(7-11-18)15(2)3/h6-13,15H,5,14H2,1-4H3,(H,21,23). The van der Waals surface area contributed by atoms with Crippen LogP contribution in [-0.2, 0) is 14.8 Å². The van der Waals surface area contributed by atoms with E-state index >= 15 is 0 Å². The fourth-order valence-electron chi connectivity index (χ4n) is 2.56. The van der Waals surface area contributed by atoms with Crippen LogP contribution >= 0.6 is 0 Å². The molecule has 0 heterocycles. The van der Waals surface area contributed by atoms with E-state index in [4.69, 9.17) is 4.74 Å². The second-order valence-electron chi connectivity index (χ2n) is 6.52. The van der Waals surface area contributed by atoms with E-state index in [-0.39, 0.29) is 6.54 Å². The van der Waals surface area contributed by atoms with E-state index in [1.165, 1.54) is 0 Å². The lowest BCUT2D eigenvalue weighted by Gasteiger charge is -2.22. The maximum absolute atomic E-state index is 12.4. The number of nitrogens with zero attached hydrogens (tertiary/aromatic N) is 1. The normalized spacial score (nSPS) is 11.3. The van der Waals surface area contributed by atoms with Crippen molar-refractivity contribution in [3.8, 4) is 5.75 Å². The number of carbonyl (C=O) groups is 1. The van der Waals surface area contributed by atoms with Crippen molar-refractivity contribution in [1.82, 2.24) is 0 Å². The predicted molar refractivity (Wildman–Crippen MR) is 109 cm³/mol. The molecule has 6 nitrogen and oxygen atoms in total. The number of sulfonamides is 1. The summed E-state index contributed by atoms with van der Waals surface area (Å²) in [5, 5.41) is 2.71. The first-order chi connectivity index (χ1) is 12.7. The van der Waals surface area contributed by atoms with Gasteiger partial charge in [0.1, 0.15) is 12.3 Å². The van der Waals surface area contributed by atoms with Crippen molar-refractivity contribution in [2.45, 2.75) is 26.7 Å². The Bertz CT molecular complexity index is 860. The van der Waals surface area contributed by atoms with E-state index in [1.54, 1.807) is 36.4 Å². The van der Waals surface area contributed by atoms with Gasteiger partial charge in [-0.3, -0.25) is 9.10 Å². The van der Waals surface area contributed by atoms with Gasteiger partial charge in [0, 0.05) is 5.69 Å². The minimum atomic E-state index is -3.60. The van der Waals surface area contributed by atoms with Crippen molar-refractivity contribution in [2.75, 3.05) is 29.0 Å². The lowest BCUT2D eigenvalue weighted by Crippen LogP contribution is -2.37. The Balaban J connectivity index is 2.12. The number of rotatable bonds is 8. The molecule has 1 N–H and O–H groups in total. The number of nitrogens with one attached hydrogen (secondary N) is 1. The summed E-state index contributed by atoms with van der Waals surface area (Å²) in [6, 6.07) is 14.1. The van der Waals surface area contributed by atoms with Crippen molar-refractivity contribution in [2.24, 2.45) is 0 Å². The zero-order valence-corrected chi connectivity index (χ0v) is 16.9. The van der Waals surface area contributed by atoms with Crippen molar-refractivity contribution in [3.63, 3.8) is 0 Å². The maximum Gasteiger partial charge on any atom is 0.245 e. The molecule has 2 aromatic carbocycles. The highest BCUT2D eigenvalue weighted by atomic mass is 32.2. The van der Waals surface area contributed by atoms with Crippen LogP contribution < -0.4 is 14.4 Å². The summed E-state index contributed by atoms with van der Waals surface area (Å²) in [5.74, 6) is 0.629. The second kappa shape index (κ2) is 8.90. The van der Waals surface area contributed by atoms with Crippen LogP contribution in [0.5, 0.6) is 5.75 Å². The molecule has 0 atom stereocenters. The minimum absolute atomic E-state index is 0.299. The van der Waals surface area contributed by atoms with Crippen LogP contribution in [0.1, 0.15) is 32.3 Å². The Morgan fingerprint density at radius 1 is 1.07 bits per heavy atom. The fourth-order valence-corrected chi connectivity index (χ4v) is 3.41. The molecular formula is C20H26N2O4S. The molecule has 2 aromatic rings. The van der Waals surface area contributed by atoms with Gasteiger partial charge in [0.05, 0.1) is 18.6 Å². The molecule has 0 saturated heterocycles. The molecule has 0 unspecified atom stereocenters. The van der Waals surface area contributed by atoms with Crippen molar-refractivity contribution in [3.05, 3.63) is 54.1 Å². The monoisotopic (exact) mass is 390 g/mol. The first-order valence-electron chi connectivity index (χ1n) is 8.81. The van der Waals surface area contributed by atoms with E-state index in [2.05, 4.69) is 19.2 Å². The molecule has 0 aliphatic rings. The van der Waals surface area contributed by atoms with Crippen LogP contribution in [0, 0.1) is 0 Å². The summed E-state index contributed by atoms with van der Waals surface area (Å²) in [6.45, 7) is 6.28. The third-order valence-corrected chi connectivity index (χ3v) is 5.12. The number of ether oxygens (including phenoxy) is 1. The maximum atomic E-state index is 12.4. The number of hydrogen-bond acceptors (Lipinski definition) is 4. The van der Waals surface area contributed by atoms with E-state index in [0.717, 1.165) is 16.1 Å². The summed E-state index contributed by atoms with van der Waals surface area (Å²) in [6.07, 6.45) is 1.09. The largest absolute Gasteiger partial charge is 0.494 e. The molecule has 7 heteroatoms. The van der Waals surface area contributed by atoms with Crippen LogP contribution in [0.3, 0.4) is 0 Å². The third kappa shape index (κ3) is 5.99. The number of amides is 1. The molecule has 0 aliphatic heterocycles. The molecule has 27 heavy (non-hydrogen) atoms. The van der Waals surface area contributed by atoms with Crippen molar-refractivity contribution < 1.29 is 17.9 Å². The summed E-state index contributed by atoms with van der Waals surface area (Å²) in [7, 11) is -3.60. The number of hydrogen-bond donors (Lipinski definition) is 1. The number of benzene rings is 2. The lowest BCUT2D eigenvalue weighted by molar-refractivity contribution is -0.114. The van der Waals surface area contributed by atoms with Gasteiger partial charge in [-0.15, -0.1) is 0 Å². The van der Waals surface area contributed by atoms with E-state index in [0.29, 0.717) is 29.6 Å². The average Bonchev–Trinajstić information content (AvgIpc) is 2.61. The first kappa shape index (κ1) is 20.8. The zero-order valence-electron chi connectivity index (χ0n) is 16.1. The Labute approximate surface area is 161 Å². The van der Waals surface area contributed by atoms with Gasteiger partial charge in [0.2, 0.25) is 15.9 Å². The molecule has 0 aromatic heterocycles. The van der Waals surface area contributed by atoms with Crippen LogP contribution in [0.25, 0.3) is 0 Å². The van der Waals surface area contributed by atoms with Crippen molar-refractivity contribution >= 4 is 27.3 Å². The Kier molecular flexibility index (Phi) is 6.85. The molecule has 0 aliphatic carbocycles. The van der Waals surface area contributed by atoms with Crippen LogP contribution in [0.2, 0.25) is 0 Å². The summed E-state index contributed by atoms with van der Waals surface area (Å²) in [5.41, 5.74) is 2.14. The van der Waals surface area contributed by atoms with Gasteiger partial charge < -0.3 is 10.1 Å². The van der Waals surface area contributed by atoms with Gasteiger partial charge in [-0.05, 0) is 54.8 Å². The van der Waals surface area contributed by atoms with Gasteiger partial charge >= 0.3 is 0 Å². The van der Waals surface area contributed by atoms with Gasteiger partial charge in [-0.25, -0.2) is 8.42 Å². The highest BCUT2D eigenvalue weighted by molar-refractivity contribution is 7.92. The molecule has 0 radical (unpaired) electrons. The van der Waals surface area contributed by atoms with Crippen LogP contribution in [0.4, 0.5) is 11.4 Å². The Hall–Kier alpha value is -2.54. The SMILES string of the molecule is CCOc1ccc(NC(=O)CN(c2ccc(C(C)C)cc2)S(C)(=O)=O)cc1. The Morgan fingerprint density at radius 2 is 1.67 bits per heavy atom. The molecule has 0 fully saturated rings. The molecule has 2 rings (SSSR count). The van der Waals surface area contributed by atoms with E-state index < -0.39 is 15.9 Å². The lowest BCUT2D eigenvalue weighted by atomic mass is 10.0. The van der Waals surface area contributed by atoms with Crippen LogP contribution in [0.15, 0.2) is 48.5 Å². The zero-order chi connectivity index (χ0) is 20.0. The molecule has 1 amide bonds. The molecule has 0 bridgehead atoms. The van der Waals surface area contributed by atoms with Gasteiger partial charge in [-0.1, -0.05) is 26.0 Å². The predicted octanol–water partition coefficient (Wildman–Crippen LogP) is 3.61. The molecule has 146 valence electrons. The summed E-state index contributed by atoms with van der Waals surface area (Å²) < 4.78 is 30.8. The highest BCUT2D eigenvalue weighted by Crippen LogP contribution is 2.22. The third-order valence-electron chi connectivity index (χ3n) is 3.98. The average molecular weight is 391 g/mol. The molecule has 0 spiro atoms. The van der Waals surface area contributed by atoms with E-state index in [1.807, 2.05) is 19.1 Å². The topological polar surface area (TPSA) is 75.7 Å². The summed E-state index contributed by atoms with van der Waals surface area (Å²) >= 11 is 0. The highest BCUT2D eigenvalue weighted by Gasteiger charge is 2.21. The van der Waals surface area contributed by atoms with Gasteiger partial charge in [-0.2, -0.15) is 0 Å². The van der Waals surface area contributed by atoms with E-state index in [9.17, 15) is 13.2 Å². The molecule has 0 saturated carbocycles. The summed E-state index contributed by atoms with van der Waals surface area (Å²) in [4.78, 5) is 12.4.